The standard InChI is InChI=1S/C27H43N3O4S.BrH/c1-20(2)23-17-22(30(11-15-33-5)12-16-34-6)19-26-27(23)28-24-8-7-21(18-25(24)35-26)29(9-13-31-3)10-14-32-4;/h7-8,17-20,24-25,28H,9-16H2,1-6H3;1H/p-1. The van der Waals surface area contributed by atoms with Gasteiger partial charge in [-0.2, -0.15) is 0 Å². The molecular formula is C27H43BrN3O4S-. The Labute approximate surface area is 232 Å². The summed E-state index contributed by atoms with van der Waals surface area (Å²) in [5.41, 5.74) is 5.09. The first-order valence-corrected chi connectivity index (χ1v) is 13.4. The molecule has 2 aliphatic rings. The number of rotatable bonds is 15. The van der Waals surface area contributed by atoms with Crippen molar-refractivity contribution in [3.63, 3.8) is 0 Å². The zero-order valence-electron chi connectivity index (χ0n) is 22.6. The lowest BCUT2D eigenvalue weighted by molar-refractivity contribution is -0.00000873. The molecule has 0 fully saturated rings. The van der Waals surface area contributed by atoms with Crippen molar-refractivity contribution in [3.8, 4) is 0 Å². The van der Waals surface area contributed by atoms with Gasteiger partial charge in [0, 0.05) is 70.9 Å². The largest absolute Gasteiger partial charge is 1.00 e. The smallest absolute Gasteiger partial charge is 0.0637 e. The predicted octanol–water partition coefficient (Wildman–Crippen LogP) is 1.22. The summed E-state index contributed by atoms with van der Waals surface area (Å²) in [6.07, 6.45) is 6.95. The zero-order chi connectivity index (χ0) is 25.2. The van der Waals surface area contributed by atoms with Gasteiger partial charge in [0.1, 0.15) is 0 Å². The van der Waals surface area contributed by atoms with Crippen LogP contribution >= 0.6 is 11.8 Å². The molecule has 36 heavy (non-hydrogen) atoms. The predicted molar refractivity (Wildman–Crippen MR) is 146 cm³/mol. The molecule has 1 N–H and O–H groups in total. The first-order chi connectivity index (χ1) is 17.0. The molecule has 0 amide bonds. The van der Waals surface area contributed by atoms with Crippen molar-refractivity contribution in [1.82, 2.24) is 4.90 Å². The number of hydrogen-bond donors (Lipinski definition) is 1. The molecule has 0 radical (unpaired) electrons. The minimum Gasteiger partial charge on any atom is -1.00 e. The number of hydrogen-bond acceptors (Lipinski definition) is 8. The van der Waals surface area contributed by atoms with E-state index in [1.807, 2.05) is 11.8 Å². The van der Waals surface area contributed by atoms with E-state index in [0.29, 0.717) is 37.6 Å². The van der Waals surface area contributed by atoms with E-state index in [2.05, 4.69) is 59.3 Å². The molecule has 0 aromatic heterocycles. The Balaban J connectivity index is 0.00000456. The molecule has 2 atom stereocenters. The maximum Gasteiger partial charge on any atom is 0.0637 e. The summed E-state index contributed by atoms with van der Waals surface area (Å²) in [5.74, 6) is 0.414. The maximum atomic E-state index is 5.39. The number of nitrogens with zero attached hydrogens (tertiary/aromatic N) is 2. The molecule has 3 rings (SSSR count). The van der Waals surface area contributed by atoms with E-state index < -0.39 is 0 Å². The van der Waals surface area contributed by atoms with E-state index in [0.717, 1.165) is 26.2 Å². The van der Waals surface area contributed by atoms with Crippen molar-refractivity contribution in [1.29, 1.82) is 0 Å². The lowest BCUT2D eigenvalue weighted by Gasteiger charge is -2.38. The summed E-state index contributed by atoms with van der Waals surface area (Å²) >= 11 is 1.95. The Kier molecular flexibility index (Phi) is 13.7. The Morgan fingerprint density at radius 2 is 1.42 bits per heavy atom. The summed E-state index contributed by atoms with van der Waals surface area (Å²) in [6.45, 7) is 10.6. The molecule has 1 aromatic rings. The molecule has 0 bridgehead atoms. The second kappa shape index (κ2) is 15.9. The van der Waals surface area contributed by atoms with Crippen LogP contribution < -0.4 is 27.2 Å². The number of ether oxygens (including phenoxy) is 4. The minimum absolute atomic E-state index is 0. The highest BCUT2D eigenvalue weighted by Crippen LogP contribution is 2.46. The summed E-state index contributed by atoms with van der Waals surface area (Å²) in [4.78, 5) is 6.02. The lowest BCUT2D eigenvalue weighted by Crippen LogP contribution is -3.00. The average molecular weight is 586 g/mol. The van der Waals surface area contributed by atoms with Gasteiger partial charge >= 0.3 is 0 Å². The van der Waals surface area contributed by atoms with Gasteiger partial charge in [-0.3, -0.25) is 0 Å². The summed E-state index contributed by atoms with van der Waals surface area (Å²) < 4.78 is 21.5. The monoisotopic (exact) mass is 584 g/mol. The third-order valence-corrected chi connectivity index (χ3v) is 7.75. The second-order valence-corrected chi connectivity index (χ2v) is 10.4. The van der Waals surface area contributed by atoms with Gasteiger partial charge < -0.3 is 51.0 Å². The molecule has 1 aliphatic heterocycles. The SMILES string of the molecule is COCCN(CCOC)C1=CC2Sc3cc(N(CCOC)CCOC)cc(C(C)C)c3NC2C=C1.[Br-]. The van der Waals surface area contributed by atoms with Crippen LogP contribution in [0.5, 0.6) is 0 Å². The van der Waals surface area contributed by atoms with Crippen LogP contribution in [0, 0.1) is 0 Å². The van der Waals surface area contributed by atoms with Crippen LogP contribution in [0.4, 0.5) is 11.4 Å². The molecule has 0 saturated carbocycles. The molecule has 1 aliphatic carbocycles. The Bertz CT molecular complexity index is 852. The number of benzene rings is 1. The van der Waals surface area contributed by atoms with Crippen LogP contribution in [0.25, 0.3) is 0 Å². The van der Waals surface area contributed by atoms with E-state index in [-0.39, 0.29) is 23.0 Å². The van der Waals surface area contributed by atoms with Crippen LogP contribution in [0.3, 0.4) is 0 Å². The molecule has 7 nitrogen and oxygen atoms in total. The van der Waals surface area contributed by atoms with Gasteiger partial charge in [-0.1, -0.05) is 19.9 Å². The fourth-order valence-electron chi connectivity index (χ4n) is 4.45. The molecule has 1 aromatic carbocycles. The van der Waals surface area contributed by atoms with Gasteiger partial charge in [-0.05, 0) is 35.8 Å². The Hall–Kier alpha value is -1.23. The van der Waals surface area contributed by atoms with Gasteiger partial charge in [-0.15, -0.1) is 11.8 Å². The molecule has 204 valence electrons. The van der Waals surface area contributed by atoms with E-state index in [4.69, 9.17) is 18.9 Å². The Morgan fingerprint density at radius 1 is 0.861 bits per heavy atom. The highest BCUT2D eigenvalue weighted by Gasteiger charge is 2.31. The number of thioether (sulfide) groups is 1. The summed E-state index contributed by atoms with van der Waals surface area (Å²) in [6, 6.07) is 4.94. The zero-order valence-corrected chi connectivity index (χ0v) is 25.0. The second-order valence-electron chi connectivity index (χ2n) is 9.21. The fraction of sp³-hybridized carbons (Fsp3) is 0.630. The van der Waals surface area contributed by atoms with E-state index in [1.165, 1.54) is 27.5 Å². The van der Waals surface area contributed by atoms with Crippen molar-refractivity contribution >= 4 is 23.1 Å². The normalized spacial score (nSPS) is 18.1. The number of anilines is 2. The summed E-state index contributed by atoms with van der Waals surface area (Å²) in [7, 11) is 7.01. The number of allylic oxidation sites excluding steroid dienone is 1. The van der Waals surface area contributed by atoms with Gasteiger partial charge in [-0.25, -0.2) is 0 Å². The highest BCUT2D eigenvalue weighted by molar-refractivity contribution is 8.00. The third kappa shape index (κ3) is 8.13. The fourth-order valence-corrected chi connectivity index (χ4v) is 5.74. The van der Waals surface area contributed by atoms with Gasteiger partial charge in [0.25, 0.3) is 0 Å². The van der Waals surface area contributed by atoms with Crippen molar-refractivity contribution in [3.05, 3.63) is 41.6 Å². The first kappa shape index (κ1) is 31.0. The molecule has 0 saturated heterocycles. The first-order valence-electron chi connectivity index (χ1n) is 12.5. The molecular weight excluding hydrogens is 542 g/mol. The van der Waals surface area contributed by atoms with E-state index >= 15 is 0 Å². The molecule has 9 heteroatoms. The minimum atomic E-state index is 0. The number of methoxy groups -OCH3 is 4. The number of fused-ring (bicyclic) bond motifs is 2. The van der Waals surface area contributed by atoms with Gasteiger partial charge in [0.2, 0.25) is 0 Å². The molecule has 1 heterocycles. The van der Waals surface area contributed by atoms with Crippen LogP contribution in [0.15, 0.2) is 41.0 Å². The lowest BCUT2D eigenvalue weighted by atomic mass is 9.97. The van der Waals surface area contributed by atoms with Crippen molar-refractivity contribution in [2.45, 2.75) is 36.0 Å². The van der Waals surface area contributed by atoms with Gasteiger partial charge in [0.05, 0.1) is 43.4 Å². The van der Waals surface area contributed by atoms with E-state index in [9.17, 15) is 0 Å². The van der Waals surface area contributed by atoms with Crippen molar-refractivity contribution in [2.24, 2.45) is 0 Å². The van der Waals surface area contributed by atoms with Crippen molar-refractivity contribution < 1.29 is 35.9 Å². The molecule has 2 unspecified atom stereocenters. The van der Waals surface area contributed by atoms with Crippen LogP contribution in [0.1, 0.15) is 25.3 Å². The van der Waals surface area contributed by atoms with Crippen LogP contribution in [-0.4, -0.2) is 97.2 Å². The number of halogens is 1. The molecule has 0 spiro atoms. The topological polar surface area (TPSA) is 55.4 Å². The van der Waals surface area contributed by atoms with Gasteiger partial charge in [0.15, 0.2) is 0 Å². The Morgan fingerprint density at radius 3 is 1.94 bits per heavy atom. The average Bonchev–Trinajstić information content (AvgIpc) is 2.86. The third-order valence-electron chi connectivity index (χ3n) is 6.47. The maximum absolute atomic E-state index is 5.39. The quantitative estimate of drug-likeness (QED) is 0.330. The summed E-state index contributed by atoms with van der Waals surface area (Å²) in [5, 5.41) is 4.18. The number of nitrogens with one attached hydrogen (secondary N) is 1. The van der Waals surface area contributed by atoms with Crippen molar-refractivity contribution in [2.75, 3.05) is 91.3 Å². The van der Waals surface area contributed by atoms with Crippen LogP contribution in [0.2, 0.25) is 0 Å². The van der Waals surface area contributed by atoms with Crippen LogP contribution in [-0.2, 0) is 18.9 Å². The highest BCUT2D eigenvalue weighted by atomic mass is 79.9. The van der Waals surface area contributed by atoms with E-state index in [1.54, 1.807) is 28.4 Å².